The van der Waals surface area contributed by atoms with Crippen molar-refractivity contribution in [1.82, 2.24) is 4.98 Å². The zero-order chi connectivity index (χ0) is 19.6. The Labute approximate surface area is 162 Å². The lowest BCUT2D eigenvalue weighted by Gasteiger charge is -2.11. The number of aromatic nitrogens is 1. The molecule has 0 atom stereocenters. The van der Waals surface area contributed by atoms with Gasteiger partial charge in [-0.05, 0) is 49.4 Å². The SMILES string of the molecule is Cc1nc2ccc(Cl)cc2cc1C(=O)Nc1cccc(NC(=O)C(C)C)c1. The van der Waals surface area contributed by atoms with Crippen LogP contribution in [0.5, 0.6) is 0 Å². The van der Waals surface area contributed by atoms with Gasteiger partial charge in [0.2, 0.25) is 5.91 Å². The Morgan fingerprint density at radius 1 is 1.00 bits per heavy atom. The van der Waals surface area contributed by atoms with Gasteiger partial charge in [-0.2, -0.15) is 0 Å². The van der Waals surface area contributed by atoms with Gasteiger partial charge in [-0.25, -0.2) is 0 Å². The number of carbonyl (C=O) groups excluding carboxylic acids is 2. The number of amides is 2. The molecule has 2 aromatic carbocycles. The van der Waals surface area contributed by atoms with Crippen molar-refractivity contribution >= 4 is 45.7 Å². The summed E-state index contributed by atoms with van der Waals surface area (Å²) in [7, 11) is 0. The van der Waals surface area contributed by atoms with Gasteiger partial charge in [0.15, 0.2) is 0 Å². The number of anilines is 2. The number of nitrogens with zero attached hydrogens (tertiary/aromatic N) is 1. The molecule has 0 aliphatic carbocycles. The van der Waals surface area contributed by atoms with E-state index >= 15 is 0 Å². The monoisotopic (exact) mass is 381 g/mol. The number of nitrogens with one attached hydrogen (secondary N) is 2. The Morgan fingerprint density at radius 2 is 1.70 bits per heavy atom. The number of benzene rings is 2. The van der Waals surface area contributed by atoms with E-state index in [0.29, 0.717) is 27.7 Å². The molecule has 2 N–H and O–H groups in total. The van der Waals surface area contributed by atoms with Gasteiger partial charge in [-0.3, -0.25) is 14.6 Å². The molecule has 0 spiro atoms. The van der Waals surface area contributed by atoms with Crippen LogP contribution in [-0.4, -0.2) is 16.8 Å². The van der Waals surface area contributed by atoms with Gasteiger partial charge in [0, 0.05) is 27.7 Å². The number of fused-ring (bicyclic) bond motifs is 1. The third-order valence-corrected chi connectivity index (χ3v) is 4.36. The maximum absolute atomic E-state index is 12.7. The summed E-state index contributed by atoms with van der Waals surface area (Å²) in [6, 6.07) is 14.2. The topological polar surface area (TPSA) is 71.1 Å². The number of rotatable bonds is 4. The zero-order valence-corrected chi connectivity index (χ0v) is 16.1. The highest BCUT2D eigenvalue weighted by atomic mass is 35.5. The second-order valence-electron chi connectivity index (χ2n) is 6.64. The van der Waals surface area contributed by atoms with Crippen LogP contribution < -0.4 is 10.6 Å². The molecule has 6 heteroatoms. The van der Waals surface area contributed by atoms with E-state index < -0.39 is 0 Å². The molecule has 0 aliphatic rings. The molecule has 2 amide bonds. The molecular formula is C21H20ClN3O2. The van der Waals surface area contributed by atoms with Crippen molar-refractivity contribution in [2.45, 2.75) is 20.8 Å². The quantitative estimate of drug-likeness (QED) is 0.664. The van der Waals surface area contributed by atoms with Crippen molar-refractivity contribution < 1.29 is 9.59 Å². The smallest absolute Gasteiger partial charge is 0.257 e. The van der Waals surface area contributed by atoms with Gasteiger partial charge >= 0.3 is 0 Å². The lowest BCUT2D eigenvalue weighted by molar-refractivity contribution is -0.118. The Bertz CT molecular complexity index is 1030. The Morgan fingerprint density at radius 3 is 2.41 bits per heavy atom. The van der Waals surface area contributed by atoms with Gasteiger partial charge in [-0.1, -0.05) is 31.5 Å². The Kier molecular flexibility index (Phi) is 5.42. The highest BCUT2D eigenvalue weighted by Gasteiger charge is 2.13. The van der Waals surface area contributed by atoms with E-state index in [0.717, 1.165) is 10.9 Å². The highest BCUT2D eigenvalue weighted by molar-refractivity contribution is 6.31. The van der Waals surface area contributed by atoms with E-state index in [2.05, 4.69) is 15.6 Å². The standard InChI is InChI=1S/C21H20ClN3O2/c1-12(2)20(26)24-16-5-4-6-17(11-16)25-21(27)18-10-14-9-15(22)7-8-19(14)23-13(18)3/h4-12H,1-3H3,(H,24,26)(H,25,27). The minimum absolute atomic E-state index is 0.0788. The summed E-state index contributed by atoms with van der Waals surface area (Å²) in [6.07, 6.45) is 0. The van der Waals surface area contributed by atoms with E-state index in [4.69, 9.17) is 11.6 Å². The fourth-order valence-corrected chi connectivity index (χ4v) is 2.81. The second kappa shape index (κ2) is 7.76. The van der Waals surface area contributed by atoms with Gasteiger partial charge in [0.25, 0.3) is 5.91 Å². The van der Waals surface area contributed by atoms with Crippen molar-refractivity contribution in [2.24, 2.45) is 5.92 Å². The average Bonchev–Trinajstić information content (AvgIpc) is 2.61. The van der Waals surface area contributed by atoms with Gasteiger partial charge in [0.1, 0.15) is 0 Å². The normalized spacial score (nSPS) is 10.9. The van der Waals surface area contributed by atoms with Crippen LogP contribution in [-0.2, 0) is 4.79 Å². The highest BCUT2D eigenvalue weighted by Crippen LogP contribution is 2.22. The molecule has 5 nitrogen and oxygen atoms in total. The first kappa shape index (κ1) is 18.9. The predicted molar refractivity (Wildman–Crippen MR) is 109 cm³/mol. The summed E-state index contributed by atoms with van der Waals surface area (Å²) in [5.41, 5.74) is 3.11. The summed E-state index contributed by atoms with van der Waals surface area (Å²) in [4.78, 5) is 29.1. The number of aryl methyl sites for hydroxylation is 1. The first-order valence-electron chi connectivity index (χ1n) is 8.62. The van der Waals surface area contributed by atoms with Crippen LogP contribution >= 0.6 is 11.6 Å². The number of hydrogen-bond acceptors (Lipinski definition) is 3. The maximum atomic E-state index is 12.7. The number of hydrogen-bond donors (Lipinski definition) is 2. The fraction of sp³-hybridized carbons (Fsp3) is 0.190. The van der Waals surface area contributed by atoms with E-state index in [1.807, 2.05) is 19.9 Å². The second-order valence-corrected chi connectivity index (χ2v) is 7.07. The van der Waals surface area contributed by atoms with Gasteiger partial charge in [-0.15, -0.1) is 0 Å². The van der Waals surface area contributed by atoms with Crippen LogP contribution in [0.2, 0.25) is 5.02 Å². The molecule has 0 radical (unpaired) electrons. The first-order chi connectivity index (χ1) is 12.8. The summed E-state index contributed by atoms with van der Waals surface area (Å²) in [5.74, 6) is -0.472. The maximum Gasteiger partial charge on any atom is 0.257 e. The lowest BCUT2D eigenvalue weighted by Crippen LogP contribution is -2.18. The van der Waals surface area contributed by atoms with E-state index in [1.54, 1.807) is 49.4 Å². The zero-order valence-electron chi connectivity index (χ0n) is 15.3. The van der Waals surface area contributed by atoms with Gasteiger partial charge in [0.05, 0.1) is 16.8 Å². The van der Waals surface area contributed by atoms with Crippen LogP contribution in [0, 0.1) is 12.8 Å². The minimum atomic E-state index is -0.269. The van der Waals surface area contributed by atoms with Crippen LogP contribution in [0.3, 0.4) is 0 Å². The third kappa shape index (κ3) is 4.44. The molecule has 0 saturated carbocycles. The van der Waals surface area contributed by atoms with Gasteiger partial charge < -0.3 is 10.6 Å². The Balaban J connectivity index is 1.84. The van der Waals surface area contributed by atoms with Crippen molar-refractivity contribution in [3.8, 4) is 0 Å². The summed E-state index contributed by atoms with van der Waals surface area (Å²) < 4.78 is 0. The molecule has 0 unspecified atom stereocenters. The van der Waals surface area contributed by atoms with E-state index in [-0.39, 0.29) is 17.7 Å². The largest absolute Gasteiger partial charge is 0.326 e. The summed E-state index contributed by atoms with van der Waals surface area (Å²) >= 11 is 6.04. The molecule has 1 heterocycles. The fourth-order valence-electron chi connectivity index (χ4n) is 2.63. The molecule has 0 bridgehead atoms. The summed E-state index contributed by atoms with van der Waals surface area (Å²) in [6.45, 7) is 5.44. The molecule has 3 aromatic rings. The molecule has 0 fully saturated rings. The van der Waals surface area contributed by atoms with E-state index in [1.165, 1.54) is 0 Å². The molecule has 0 aliphatic heterocycles. The average molecular weight is 382 g/mol. The Hall–Kier alpha value is -2.92. The number of halogens is 1. The first-order valence-corrected chi connectivity index (χ1v) is 9.00. The molecule has 138 valence electrons. The van der Waals surface area contributed by atoms with Crippen LogP contribution in [0.1, 0.15) is 29.9 Å². The minimum Gasteiger partial charge on any atom is -0.326 e. The van der Waals surface area contributed by atoms with Crippen molar-refractivity contribution in [1.29, 1.82) is 0 Å². The molecule has 27 heavy (non-hydrogen) atoms. The van der Waals surface area contributed by atoms with Crippen LogP contribution in [0.15, 0.2) is 48.5 Å². The number of pyridine rings is 1. The van der Waals surface area contributed by atoms with Crippen molar-refractivity contribution in [3.63, 3.8) is 0 Å². The summed E-state index contributed by atoms with van der Waals surface area (Å²) in [5, 5.41) is 7.07. The molecule has 0 saturated heterocycles. The molecule has 3 rings (SSSR count). The third-order valence-electron chi connectivity index (χ3n) is 4.12. The predicted octanol–water partition coefficient (Wildman–Crippen LogP) is 5.04. The lowest BCUT2D eigenvalue weighted by atomic mass is 10.1. The molecule has 1 aromatic heterocycles. The number of carbonyl (C=O) groups is 2. The van der Waals surface area contributed by atoms with Crippen molar-refractivity contribution in [3.05, 3.63) is 64.8 Å². The van der Waals surface area contributed by atoms with Crippen molar-refractivity contribution in [2.75, 3.05) is 10.6 Å². The van der Waals surface area contributed by atoms with E-state index in [9.17, 15) is 9.59 Å². The molecular weight excluding hydrogens is 362 g/mol. The van der Waals surface area contributed by atoms with Crippen LogP contribution in [0.4, 0.5) is 11.4 Å². The van der Waals surface area contributed by atoms with Crippen LogP contribution in [0.25, 0.3) is 10.9 Å².